The first-order valence-corrected chi connectivity index (χ1v) is 8.24. The van der Waals surface area contributed by atoms with E-state index in [2.05, 4.69) is 12.2 Å². The summed E-state index contributed by atoms with van der Waals surface area (Å²) < 4.78 is 5.51. The Morgan fingerprint density at radius 3 is 2.52 bits per heavy atom. The SMILES string of the molecule is CCCOCCCc1ccccc1C(=O)Nc1ccc(C)cc1. The maximum atomic E-state index is 12.5. The summed E-state index contributed by atoms with van der Waals surface area (Å²) >= 11 is 0. The van der Waals surface area contributed by atoms with Crippen LogP contribution in [0.3, 0.4) is 0 Å². The molecule has 0 atom stereocenters. The lowest BCUT2D eigenvalue weighted by Crippen LogP contribution is -2.14. The predicted molar refractivity (Wildman–Crippen MR) is 95.0 cm³/mol. The lowest BCUT2D eigenvalue weighted by atomic mass is 10.0. The molecule has 0 saturated heterocycles. The normalized spacial score (nSPS) is 10.5. The van der Waals surface area contributed by atoms with Crippen LogP contribution in [0, 0.1) is 6.92 Å². The summed E-state index contributed by atoms with van der Waals surface area (Å²) in [5.41, 5.74) is 3.80. The highest BCUT2D eigenvalue weighted by atomic mass is 16.5. The van der Waals surface area contributed by atoms with Crippen LogP contribution < -0.4 is 5.32 Å². The molecule has 0 aromatic heterocycles. The second kappa shape index (κ2) is 9.11. The number of ether oxygens (including phenoxy) is 1. The average molecular weight is 311 g/mol. The number of rotatable bonds is 8. The zero-order valence-electron chi connectivity index (χ0n) is 14.0. The van der Waals surface area contributed by atoms with Gasteiger partial charge in [-0.3, -0.25) is 4.79 Å². The summed E-state index contributed by atoms with van der Waals surface area (Å²) in [5.74, 6) is -0.0565. The second-order valence-electron chi connectivity index (χ2n) is 5.69. The van der Waals surface area contributed by atoms with Crippen LogP contribution in [0.4, 0.5) is 5.69 Å². The predicted octanol–water partition coefficient (Wildman–Crippen LogP) is 4.61. The number of hydrogen-bond donors (Lipinski definition) is 1. The van der Waals surface area contributed by atoms with Crippen molar-refractivity contribution in [3.05, 3.63) is 65.2 Å². The molecule has 3 nitrogen and oxygen atoms in total. The van der Waals surface area contributed by atoms with Gasteiger partial charge in [-0.05, 0) is 49.9 Å². The number of nitrogens with one attached hydrogen (secondary N) is 1. The van der Waals surface area contributed by atoms with Crippen molar-refractivity contribution < 1.29 is 9.53 Å². The first-order valence-electron chi connectivity index (χ1n) is 8.24. The van der Waals surface area contributed by atoms with Crippen LogP contribution in [0.5, 0.6) is 0 Å². The van der Waals surface area contributed by atoms with Crippen LogP contribution in [0.2, 0.25) is 0 Å². The summed E-state index contributed by atoms with van der Waals surface area (Å²) in [5, 5.41) is 2.97. The van der Waals surface area contributed by atoms with E-state index >= 15 is 0 Å². The smallest absolute Gasteiger partial charge is 0.255 e. The standard InChI is InChI=1S/C20H25NO2/c1-3-14-23-15-6-8-17-7-4-5-9-19(17)20(22)21-18-12-10-16(2)11-13-18/h4-5,7,9-13H,3,6,8,14-15H2,1-2H3,(H,21,22). The minimum absolute atomic E-state index is 0.0565. The first kappa shape index (κ1) is 17.2. The largest absolute Gasteiger partial charge is 0.381 e. The molecular weight excluding hydrogens is 286 g/mol. The van der Waals surface area contributed by atoms with E-state index in [4.69, 9.17) is 4.74 Å². The van der Waals surface area contributed by atoms with E-state index < -0.39 is 0 Å². The van der Waals surface area contributed by atoms with Crippen molar-refractivity contribution in [2.24, 2.45) is 0 Å². The molecule has 0 bridgehead atoms. The van der Waals surface area contributed by atoms with Crippen molar-refractivity contribution in [2.75, 3.05) is 18.5 Å². The third kappa shape index (κ3) is 5.53. The molecule has 0 fully saturated rings. The zero-order valence-corrected chi connectivity index (χ0v) is 14.0. The number of carbonyl (C=O) groups is 1. The number of carbonyl (C=O) groups excluding carboxylic acids is 1. The van der Waals surface area contributed by atoms with Gasteiger partial charge in [0.2, 0.25) is 0 Å². The maximum absolute atomic E-state index is 12.5. The van der Waals surface area contributed by atoms with E-state index in [9.17, 15) is 4.79 Å². The Hall–Kier alpha value is -2.13. The zero-order chi connectivity index (χ0) is 16.5. The van der Waals surface area contributed by atoms with Crippen molar-refractivity contribution in [2.45, 2.75) is 33.1 Å². The molecule has 1 N–H and O–H groups in total. The molecule has 2 rings (SSSR count). The molecule has 2 aromatic carbocycles. The maximum Gasteiger partial charge on any atom is 0.255 e. The molecule has 2 aromatic rings. The summed E-state index contributed by atoms with van der Waals surface area (Å²) in [6.07, 6.45) is 2.81. The van der Waals surface area contributed by atoms with Crippen LogP contribution >= 0.6 is 0 Å². The summed E-state index contributed by atoms with van der Waals surface area (Å²) in [6, 6.07) is 15.6. The van der Waals surface area contributed by atoms with Gasteiger partial charge < -0.3 is 10.1 Å². The van der Waals surface area contributed by atoms with Crippen LogP contribution in [-0.2, 0) is 11.2 Å². The topological polar surface area (TPSA) is 38.3 Å². The van der Waals surface area contributed by atoms with Crippen LogP contribution in [0.25, 0.3) is 0 Å². The Kier molecular flexibility index (Phi) is 6.82. The van der Waals surface area contributed by atoms with Gasteiger partial charge in [0.1, 0.15) is 0 Å². The quantitative estimate of drug-likeness (QED) is 0.723. The molecule has 1 amide bonds. The molecule has 0 saturated carbocycles. The lowest BCUT2D eigenvalue weighted by molar-refractivity contribution is 0.102. The molecule has 0 aliphatic heterocycles. The number of aryl methyl sites for hydroxylation is 2. The molecule has 3 heteroatoms. The first-order chi connectivity index (χ1) is 11.2. The molecule has 0 heterocycles. The van der Waals surface area contributed by atoms with Gasteiger partial charge in [-0.25, -0.2) is 0 Å². The molecule has 0 unspecified atom stereocenters. The van der Waals surface area contributed by atoms with Gasteiger partial charge in [0.15, 0.2) is 0 Å². The Bertz CT molecular complexity index is 620. The van der Waals surface area contributed by atoms with Crippen molar-refractivity contribution in [3.63, 3.8) is 0 Å². The minimum Gasteiger partial charge on any atom is -0.381 e. The highest BCUT2D eigenvalue weighted by molar-refractivity contribution is 6.05. The van der Waals surface area contributed by atoms with Gasteiger partial charge in [0.25, 0.3) is 5.91 Å². The lowest BCUT2D eigenvalue weighted by Gasteiger charge is -2.10. The molecular formula is C20H25NO2. The van der Waals surface area contributed by atoms with Gasteiger partial charge in [-0.1, -0.05) is 42.8 Å². The third-order valence-corrected chi connectivity index (χ3v) is 3.65. The molecule has 0 spiro atoms. The third-order valence-electron chi connectivity index (χ3n) is 3.65. The van der Waals surface area contributed by atoms with Gasteiger partial charge in [0, 0.05) is 24.5 Å². The Morgan fingerprint density at radius 2 is 1.78 bits per heavy atom. The van der Waals surface area contributed by atoms with Crippen molar-refractivity contribution >= 4 is 11.6 Å². The molecule has 0 aliphatic carbocycles. The monoisotopic (exact) mass is 311 g/mol. The fourth-order valence-electron chi connectivity index (χ4n) is 2.41. The van der Waals surface area contributed by atoms with Crippen molar-refractivity contribution in [1.29, 1.82) is 0 Å². The molecule has 0 radical (unpaired) electrons. The van der Waals surface area contributed by atoms with E-state index in [0.717, 1.165) is 49.3 Å². The fourth-order valence-corrected chi connectivity index (χ4v) is 2.41. The number of hydrogen-bond acceptors (Lipinski definition) is 2. The van der Waals surface area contributed by atoms with Crippen LogP contribution in [-0.4, -0.2) is 19.1 Å². The molecule has 122 valence electrons. The van der Waals surface area contributed by atoms with Crippen LogP contribution in [0.15, 0.2) is 48.5 Å². The molecule has 23 heavy (non-hydrogen) atoms. The minimum atomic E-state index is -0.0565. The van der Waals surface area contributed by atoms with E-state index in [1.165, 1.54) is 5.56 Å². The summed E-state index contributed by atoms with van der Waals surface area (Å²) in [6.45, 7) is 5.67. The van der Waals surface area contributed by atoms with Gasteiger partial charge in [-0.15, -0.1) is 0 Å². The number of benzene rings is 2. The number of anilines is 1. The van der Waals surface area contributed by atoms with Gasteiger partial charge >= 0.3 is 0 Å². The van der Waals surface area contributed by atoms with E-state index in [1.54, 1.807) is 0 Å². The highest BCUT2D eigenvalue weighted by Crippen LogP contribution is 2.15. The average Bonchev–Trinajstić information content (AvgIpc) is 2.57. The Balaban J connectivity index is 1.98. The molecule has 0 aliphatic rings. The van der Waals surface area contributed by atoms with Gasteiger partial charge in [0.05, 0.1) is 0 Å². The van der Waals surface area contributed by atoms with Crippen LogP contribution in [0.1, 0.15) is 41.3 Å². The number of amides is 1. The van der Waals surface area contributed by atoms with Gasteiger partial charge in [-0.2, -0.15) is 0 Å². The summed E-state index contributed by atoms with van der Waals surface area (Å²) in [7, 11) is 0. The van der Waals surface area contributed by atoms with Crippen molar-refractivity contribution in [3.8, 4) is 0 Å². The fraction of sp³-hybridized carbons (Fsp3) is 0.350. The second-order valence-corrected chi connectivity index (χ2v) is 5.69. The van der Waals surface area contributed by atoms with Crippen molar-refractivity contribution in [1.82, 2.24) is 0 Å². The van der Waals surface area contributed by atoms with E-state index in [0.29, 0.717) is 0 Å². The van der Waals surface area contributed by atoms with E-state index in [-0.39, 0.29) is 5.91 Å². The van der Waals surface area contributed by atoms with E-state index in [1.807, 2.05) is 55.5 Å². The Morgan fingerprint density at radius 1 is 1.04 bits per heavy atom. The Labute approximate surface area is 138 Å². The highest BCUT2D eigenvalue weighted by Gasteiger charge is 2.10. The summed E-state index contributed by atoms with van der Waals surface area (Å²) in [4.78, 5) is 12.5.